The maximum Gasteiger partial charge on any atom is 0.408 e. The van der Waals surface area contributed by atoms with E-state index in [2.05, 4.69) is 10.3 Å². The lowest BCUT2D eigenvalue weighted by Gasteiger charge is -2.23. The van der Waals surface area contributed by atoms with Crippen molar-refractivity contribution in [2.24, 2.45) is 4.99 Å². The summed E-state index contributed by atoms with van der Waals surface area (Å²) in [7, 11) is 1.74. The van der Waals surface area contributed by atoms with E-state index in [-0.39, 0.29) is 11.6 Å². The Kier molecular flexibility index (Phi) is 3.96. The van der Waals surface area contributed by atoms with Crippen molar-refractivity contribution in [2.75, 3.05) is 7.05 Å². The molecular weight excluding hydrogens is 216 g/mol. The monoisotopic (exact) mass is 238 g/mol. The molecule has 1 amide bonds. The van der Waals surface area contributed by atoms with Gasteiger partial charge in [0.2, 0.25) is 0 Å². The zero-order valence-corrected chi connectivity index (χ0v) is 11.3. The van der Waals surface area contributed by atoms with E-state index in [4.69, 9.17) is 4.74 Å². The van der Waals surface area contributed by atoms with Crippen molar-refractivity contribution in [1.29, 1.82) is 0 Å². The molecule has 17 heavy (non-hydrogen) atoms. The van der Waals surface area contributed by atoms with Gasteiger partial charge < -0.3 is 10.1 Å². The molecule has 0 aromatic rings. The van der Waals surface area contributed by atoms with Crippen LogP contribution >= 0.6 is 0 Å². The van der Waals surface area contributed by atoms with E-state index >= 15 is 0 Å². The van der Waals surface area contributed by atoms with Gasteiger partial charge >= 0.3 is 6.09 Å². The highest BCUT2D eigenvalue weighted by Gasteiger charge is 2.48. The lowest BCUT2D eigenvalue weighted by Crippen LogP contribution is -2.45. The Morgan fingerprint density at radius 3 is 2.35 bits per heavy atom. The van der Waals surface area contributed by atoms with Gasteiger partial charge in [-0.1, -0.05) is 6.08 Å². The van der Waals surface area contributed by atoms with Crippen molar-refractivity contribution in [3.8, 4) is 0 Å². The summed E-state index contributed by atoms with van der Waals surface area (Å²) >= 11 is 0. The van der Waals surface area contributed by atoms with Crippen LogP contribution in [0.2, 0.25) is 0 Å². The van der Waals surface area contributed by atoms with Gasteiger partial charge in [-0.05, 0) is 46.6 Å². The third-order valence-electron chi connectivity index (χ3n) is 2.55. The summed E-state index contributed by atoms with van der Waals surface area (Å²) in [4.78, 5) is 15.9. The Hall–Kier alpha value is -1.32. The molecule has 0 atom stereocenters. The van der Waals surface area contributed by atoms with Gasteiger partial charge in [-0.3, -0.25) is 4.99 Å². The molecule has 1 N–H and O–H groups in total. The van der Waals surface area contributed by atoms with Crippen LogP contribution in [0.1, 0.15) is 40.5 Å². The van der Waals surface area contributed by atoms with E-state index in [1.165, 1.54) is 0 Å². The minimum absolute atomic E-state index is 0.302. The smallest absolute Gasteiger partial charge is 0.408 e. The van der Waals surface area contributed by atoms with Gasteiger partial charge in [0.25, 0.3) is 0 Å². The predicted molar refractivity (Wildman–Crippen MR) is 69.5 cm³/mol. The maximum atomic E-state index is 11.7. The third-order valence-corrected chi connectivity index (χ3v) is 2.55. The first-order chi connectivity index (χ1) is 7.83. The third kappa shape index (κ3) is 3.88. The van der Waals surface area contributed by atoms with E-state index in [1.807, 2.05) is 39.8 Å². The molecular formula is C13H22N2O2. The van der Waals surface area contributed by atoms with Gasteiger partial charge in [0.05, 0.1) is 11.3 Å². The molecule has 0 saturated heterocycles. The number of alkyl carbamates (subject to hydrolysis) is 1. The summed E-state index contributed by atoms with van der Waals surface area (Å²) in [6.45, 7) is 7.50. The summed E-state index contributed by atoms with van der Waals surface area (Å²) < 4.78 is 5.26. The molecule has 0 aromatic carbocycles. The molecule has 1 rings (SSSR count). The average molecular weight is 238 g/mol. The molecule has 1 aliphatic rings. The summed E-state index contributed by atoms with van der Waals surface area (Å²) in [5, 5.41) is 2.92. The van der Waals surface area contributed by atoms with Gasteiger partial charge in [-0.15, -0.1) is 0 Å². The topological polar surface area (TPSA) is 50.7 Å². The van der Waals surface area contributed by atoms with Crippen molar-refractivity contribution >= 4 is 11.8 Å². The number of amides is 1. The number of carbonyl (C=O) groups is 1. The molecule has 96 valence electrons. The van der Waals surface area contributed by atoms with Crippen molar-refractivity contribution in [1.82, 2.24) is 5.32 Å². The number of nitrogens with one attached hydrogen (secondary N) is 1. The fourth-order valence-corrected chi connectivity index (χ4v) is 1.68. The summed E-state index contributed by atoms with van der Waals surface area (Å²) in [6, 6.07) is 0. The number of hydrogen-bond donors (Lipinski definition) is 1. The molecule has 0 radical (unpaired) electrons. The van der Waals surface area contributed by atoms with E-state index < -0.39 is 5.60 Å². The molecule has 0 aliphatic heterocycles. The number of carbonyl (C=O) groups excluding carboxylic acids is 1. The minimum atomic E-state index is -0.468. The molecule has 1 saturated carbocycles. The van der Waals surface area contributed by atoms with E-state index in [1.54, 1.807) is 7.05 Å². The maximum absolute atomic E-state index is 11.7. The highest BCUT2D eigenvalue weighted by atomic mass is 16.6. The van der Waals surface area contributed by atoms with Crippen molar-refractivity contribution < 1.29 is 9.53 Å². The van der Waals surface area contributed by atoms with Gasteiger partial charge in [-0.2, -0.15) is 0 Å². The minimum Gasteiger partial charge on any atom is -0.444 e. The zero-order chi connectivity index (χ0) is 13.1. The van der Waals surface area contributed by atoms with Crippen molar-refractivity contribution in [3.63, 3.8) is 0 Å². The van der Waals surface area contributed by atoms with Crippen LogP contribution in [0.4, 0.5) is 4.79 Å². The van der Waals surface area contributed by atoms with Crippen molar-refractivity contribution in [2.45, 2.75) is 51.7 Å². The van der Waals surface area contributed by atoms with Crippen LogP contribution < -0.4 is 5.32 Å². The number of rotatable bonds is 3. The number of ether oxygens (including phenoxy) is 1. The van der Waals surface area contributed by atoms with Crippen LogP contribution in [0.3, 0.4) is 0 Å². The molecule has 0 unspecified atom stereocenters. The molecule has 0 spiro atoms. The quantitative estimate of drug-likeness (QED) is 0.768. The average Bonchev–Trinajstić information content (AvgIpc) is 2.91. The standard InChI is InChI=1S/C13H22N2O2/c1-6-7-10(14-5)13(8-9-13)15-11(16)17-12(2,3)4/h6-7H,8-9H2,1-5H3,(H,15,16). The molecule has 0 heterocycles. The second-order valence-corrected chi connectivity index (χ2v) is 5.32. The fourth-order valence-electron chi connectivity index (χ4n) is 1.68. The molecule has 1 aliphatic carbocycles. The summed E-state index contributed by atoms with van der Waals surface area (Å²) in [5.74, 6) is 0. The predicted octanol–water partition coefficient (Wildman–Crippen LogP) is 2.69. The Bertz CT molecular complexity index is 347. The van der Waals surface area contributed by atoms with Gasteiger partial charge in [-0.25, -0.2) is 4.79 Å². The second kappa shape index (κ2) is 4.90. The number of allylic oxidation sites excluding steroid dienone is 1. The fraction of sp³-hybridized carbons (Fsp3) is 0.692. The number of nitrogens with zero attached hydrogens (tertiary/aromatic N) is 1. The number of aliphatic imine (C=N–C) groups is 1. The van der Waals surface area contributed by atoms with E-state index in [9.17, 15) is 4.79 Å². The van der Waals surface area contributed by atoms with Crippen LogP contribution in [-0.2, 0) is 4.74 Å². The Labute approximate surface area is 103 Å². The SMILES string of the molecule is CC=CC(=NC)C1(NC(=O)OC(C)(C)C)CC1. The first kappa shape index (κ1) is 13.7. The first-order valence-electron chi connectivity index (χ1n) is 5.94. The van der Waals surface area contributed by atoms with Crippen LogP contribution in [0.25, 0.3) is 0 Å². The molecule has 1 fully saturated rings. The van der Waals surface area contributed by atoms with Gasteiger partial charge in [0.1, 0.15) is 5.60 Å². The zero-order valence-electron chi connectivity index (χ0n) is 11.3. The Morgan fingerprint density at radius 2 is 2.00 bits per heavy atom. The lowest BCUT2D eigenvalue weighted by molar-refractivity contribution is 0.0513. The normalized spacial score (nSPS) is 19.2. The summed E-state index contributed by atoms with van der Waals surface area (Å²) in [6.07, 6.45) is 5.33. The van der Waals surface area contributed by atoms with Crippen molar-refractivity contribution in [3.05, 3.63) is 12.2 Å². The van der Waals surface area contributed by atoms with Crippen LogP contribution in [0.15, 0.2) is 17.1 Å². The molecule has 4 heteroatoms. The largest absolute Gasteiger partial charge is 0.444 e. The Morgan fingerprint density at radius 1 is 1.41 bits per heavy atom. The van der Waals surface area contributed by atoms with Gasteiger partial charge in [0, 0.05) is 7.05 Å². The number of hydrogen-bond acceptors (Lipinski definition) is 3. The first-order valence-corrected chi connectivity index (χ1v) is 5.94. The second-order valence-electron chi connectivity index (χ2n) is 5.32. The van der Waals surface area contributed by atoms with Crippen LogP contribution in [0, 0.1) is 0 Å². The van der Waals surface area contributed by atoms with Gasteiger partial charge in [0.15, 0.2) is 0 Å². The molecule has 4 nitrogen and oxygen atoms in total. The highest BCUT2D eigenvalue weighted by molar-refractivity contribution is 6.06. The summed E-state index contributed by atoms with van der Waals surface area (Å²) in [5.41, 5.74) is 0.138. The Balaban J connectivity index is 2.65. The molecule has 0 bridgehead atoms. The van der Waals surface area contributed by atoms with E-state index in [0.29, 0.717) is 0 Å². The highest BCUT2D eigenvalue weighted by Crippen LogP contribution is 2.37. The van der Waals surface area contributed by atoms with Crippen LogP contribution in [-0.4, -0.2) is 30.0 Å². The van der Waals surface area contributed by atoms with Crippen LogP contribution in [0.5, 0.6) is 0 Å². The van der Waals surface area contributed by atoms with E-state index in [0.717, 1.165) is 18.6 Å². The lowest BCUT2D eigenvalue weighted by atomic mass is 10.1. The molecule has 0 aromatic heterocycles.